The zero-order valence-corrected chi connectivity index (χ0v) is 19.2. The number of aryl methyl sites for hydroxylation is 1. The smallest absolute Gasteiger partial charge is 0.332 e. The van der Waals surface area contributed by atoms with E-state index in [0.29, 0.717) is 13.0 Å². The topological polar surface area (TPSA) is 104 Å². The van der Waals surface area contributed by atoms with Crippen molar-refractivity contribution in [3.8, 4) is 5.88 Å². The van der Waals surface area contributed by atoms with Crippen molar-refractivity contribution in [2.45, 2.75) is 66.1 Å². The Balaban J connectivity index is 2.13. The van der Waals surface area contributed by atoms with Crippen molar-refractivity contribution >= 4 is 16.9 Å². The Labute approximate surface area is 190 Å². The van der Waals surface area contributed by atoms with E-state index in [9.17, 15) is 19.5 Å². The van der Waals surface area contributed by atoms with Gasteiger partial charge in [-0.15, -0.1) is 0 Å². The SMILES string of the molecule is CCCCn1c(=O)c2c(nc3n(Cc4ccccc4)c(=O)c(C)c(O)n23)n(CCCC)c1=O. The van der Waals surface area contributed by atoms with Crippen LogP contribution in [-0.4, -0.2) is 28.2 Å². The molecule has 0 aliphatic carbocycles. The van der Waals surface area contributed by atoms with Crippen molar-refractivity contribution in [2.24, 2.45) is 0 Å². The Bertz CT molecular complexity index is 1490. The van der Waals surface area contributed by atoms with Gasteiger partial charge in [0.25, 0.3) is 11.1 Å². The molecule has 0 atom stereocenters. The molecule has 0 aliphatic heterocycles. The number of hydrogen-bond donors (Lipinski definition) is 1. The first-order chi connectivity index (χ1) is 15.9. The van der Waals surface area contributed by atoms with E-state index in [4.69, 9.17) is 0 Å². The lowest BCUT2D eigenvalue weighted by Crippen LogP contribution is -2.40. The molecule has 0 unspecified atom stereocenters. The first-order valence-electron chi connectivity index (χ1n) is 11.4. The van der Waals surface area contributed by atoms with Crippen molar-refractivity contribution in [1.29, 1.82) is 0 Å². The van der Waals surface area contributed by atoms with Gasteiger partial charge in [-0.25, -0.2) is 9.20 Å². The van der Waals surface area contributed by atoms with Crippen molar-refractivity contribution in [3.63, 3.8) is 0 Å². The van der Waals surface area contributed by atoms with E-state index in [1.165, 1.54) is 25.0 Å². The molecule has 3 aromatic heterocycles. The molecule has 0 fully saturated rings. The summed E-state index contributed by atoms with van der Waals surface area (Å²) in [5.74, 6) is -0.196. The van der Waals surface area contributed by atoms with Crippen LogP contribution >= 0.6 is 0 Å². The van der Waals surface area contributed by atoms with Crippen LogP contribution in [0.3, 0.4) is 0 Å². The summed E-state index contributed by atoms with van der Waals surface area (Å²) in [6.07, 6.45) is 3.09. The van der Waals surface area contributed by atoms with Gasteiger partial charge in [-0.2, -0.15) is 4.98 Å². The third-order valence-corrected chi connectivity index (χ3v) is 6.02. The van der Waals surface area contributed by atoms with Gasteiger partial charge in [0.2, 0.25) is 11.7 Å². The second-order valence-electron chi connectivity index (χ2n) is 8.34. The maximum absolute atomic E-state index is 13.5. The molecule has 1 N–H and O–H groups in total. The maximum Gasteiger partial charge on any atom is 0.332 e. The Morgan fingerprint density at radius 1 is 0.879 bits per heavy atom. The van der Waals surface area contributed by atoms with E-state index in [-0.39, 0.29) is 41.5 Å². The van der Waals surface area contributed by atoms with E-state index in [2.05, 4.69) is 4.98 Å². The minimum atomic E-state index is -0.511. The van der Waals surface area contributed by atoms with Crippen LogP contribution in [0, 0.1) is 6.92 Å². The van der Waals surface area contributed by atoms with E-state index in [1.54, 1.807) is 0 Å². The highest BCUT2D eigenvalue weighted by atomic mass is 16.3. The van der Waals surface area contributed by atoms with E-state index >= 15 is 0 Å². The van der Waals surface area contributed by atoms with Crippen LogP contribution < -0.4 is 16.8 Å². The fourth-order valence-corrected chi connectivity index (χ4v) is 4.11. The van der Waals surface area contributed by atoms with Gasteiger partial charge in [0.05, 0.1) is 12.1 Å². The van der Waals surface area contributed by atoms with E-state index in [0.717, 1.165) is 24.8 Å². The Morgan fingerprint density at radius 3 is 2.15 bits per heavy atom. The lowest BCUT2D eigenvalue weighted by atomic mass is 10.2. The Hall–Kier alpha value is -3.62. The Morgan fingerprint density at radius 2 is 1.52 bits per heavy atom. The third kappa shape index (κ3) is 3.77. The van der Waals surface area contributed by atoms with Crippen LogP contribution in [0.4, 0.5) is 0 Å². The van der Waals surface area contributed by atoms with Crippen LogP contribution in [0.1, 0.15) is 50.7 Å². The number of benzene rings is 1. The molecule has 0 amide bonds. The number of hydrogen-bond acceptors (Lipinski definition) is 5. The average molecular weight is 452 g/mol. The van der Waals surface area contributed by atoms with Gasteiger partial charge in [0.15, 0.2) is 11.2 Å². The van der Waals surface area contributed by atoms with Crippen LogP contribution in [0.25, 0.3) is 16.9 Å². The molecule has 0 aliphatic rings. The lowest BCUT2D eigenvalue weighted by Gasteiger charge is -2.12. The number of imidazole rings is 1. The monoisotopic (exact) mass is 451 g/mol. The van der Waals surface area contributed by atoms with Gasteiger partial charge >= 0.3 is 5.69 Å². The second kappa shape index (κ2) is 9.09. The minimum absolute atomic E-state index is 0.110. The second-order valence-corrected chi connectivity index (χ2v) is 8.34. The molecule has 9 nitrogen and oxygen atoms in total. The first kappa shape index (κ1) is 22.6. The summed E-state index contributed by atoms with van der Waals surface area (Å²) in [5.41, 5.74) is -0.0272. The van der Waals surface area contributed by atoms with Crippen molar-refractivity contribution in [2.75, 3.05) is 0 Å². The molecule has 0 saturated carbocycles. The highest BCUT2D eigenvalue weighted by molar-refractivity contribution is 5.76. The summed E-state index contributed by atoms with van der Waals surface area (Å²) in [6.45, 7) is 6.43. The largest absolute Gasteiger partial charge is 0.494 e. The molecule has 0 radical (unpaired) electrons. The molecule has 0 bridgehead atoms. The highest BCUT2D eigenvalue weighted by Gasteiger charge is 2.24. The molecule has 0 spiro atoms. The van der Waals surface area contributed by atoms with Gasteiger partial charge in [0, 0.05) is 13.1 Å². The number of unbranched alkanes of at least 4 members (excludes halogenated alkanes) is 2. The molecular formula is C24H29N5O4. The van der Waals surface area contributed by atoms with Gasteiger partial charge in [-0.05, 0) is 25.3 Å². The predicted molar refractivity (Wildman–Crippen MR) is 127 cm³/mol. The van der Waals surface area contributed by atoms with E-state index in [1.807, 2.05) is 44.2 Å². The van der Waals surface area contributed by atoms with Crippen molar-refractivity contribution in [3.05, 3.63) is 72.7 Å². The number of fused-ring (bicyclic) bond motifs is 3. The minimum Gasteiger partial charge on any atom is -0.494 e. The summed E-state index contributed by atoms with van der Waals surface area (Å²) >= 11 is 0. The quantitative estimate of drug-likeness (QED) is 0.444. The Kier molecular flexibility index (Phi) is 6.22. The molecule has 0 saturated heterocycles. The summed E-state index contributed by atoms with van der Waals surface area (Å²) in [7, 11) is 0. The zero-order valence-electron chi connectivity index (χ0n) is 19.2. The lowest BCUT2D eigenvalue weighted by molar-refractivity contribution is 0.437. The molecule has 4 aromatic rings. The summed E-state index contributed by atoms with van der Waals surface area (Å²) < 4.78 is 5.47. The van der Waals surface area contributed by atoms with Gasteiger partial charge < -0.3 is 5.11 Å². The van der Waals surface area contributed by atoms with Crippen LogP contribution in [0.5, 0.6) is 5.88 Å². The van der Waals surface area contributed by atoms with Gasteiger partial charge in [-0.1, -0.05) is 57.0 Å². The molecule has 1 aromatic carbocycles. The molecular weight excluding hydrogens is 422 g/mol. The number of aromatic nitrogens is 5. The molecule has 4 rings (SSSR count). The van der Waals surface area contributed by atoms with Crippen LogP contribution in [0.2, 0.25) is 0 Å². The van der Waals surface area contributed by atoms with Crippen molar-refractivity contribution in [1.82, 2.24) is 23.1 Å². The van der Waals surface area contributed by atoms with Crippen LogP contribution in [0.15, 0.2) is 44.7 Å². The fraction of sp³-hybridized carbons (Fsp3) is 0.417. The fourth-order valence-electron chi connectivity index (χ4n) is 4.11. The number of rotatable bonds is 8. The highest BCUT2D eigenvalue weighted by Crippen LogP contribution is 2.21. The molecule has 9 heteroatoms. The van der Waals surface area contributed by atoms with Gasteiger partial charge in [-0.3, -0.25) is 23.3 Å². The predicted octanol–water partition coefficient (Wildman–Crippen LogP) is 2.64. The standard InChI is InChI=1S/C24H29N5O4/c1-4-6-13-26-19-18(22(32)27(24(26)33)14-7-5-2)29-21(31)16(3)20(30)28(23(29)25-19)15-17-11-9-8-10-12-17/h8-12,31H,4-7,13-15H2,1-3H3. The molecule has 174 valence electrons. The normalized spacial score (nSPS) is 11.6. The molecule has 33 heavy (non-hydrogen) atoms. The zero-order chi connectivity index (χ0) is 23.7. The van der Waals surface area contributed by atoms with Crippen molar-refractivity contribution < 1.29 is 5.11 Å². The number of nitrogens with zero attached hydrogens (tertiary/aromatic N) is 5. The summed E-state index contributed by atoms with van der Waals surface area (Å²) in [4.78, 5) is 44.4. The average Bonchev–Trinajstić information content (AvgIpc) is 3.21. The number of aromatic hydroxyl groups is 1. The third-order valence-electron chi connectivity index (χ3n) is 6.02. The molecule has 3 heterocycles. The maximum atomic E-state index is 13.5. The van der Waals surface area contributed by atoms with Crippen LogP contribution in [-0.2, 0) is 19.6 Å². The van der Waals surface area contributed by atoms with Gasteiger partial charge in [0.1, 0.15) is 0 Å². The summed E-state index contributed by atoms with van der Waals surface area (Å²) in [5, 5.41) is 10.9. The summed E-state index contributed by atoms with van der Waals surface area (Å²) in [6, 6.07) is 9.42. The van der Waals surface area contributed by atoms with E-state index < -0.39 is 16.8 Å². The first-order valence-corrected chi connectivity index (χ1v) is 11.4.